The number of rotatable bonds is 6. The van der Waals surface area contributed by atoms with Crippen molar-refractivity contribution in [1.29, 1.82) is 0 Å². The van der Waals surface area contributed by atoms with Crippen LogP contribution in [0.25, 0.3) is 10.9 Å². The Bertz CT molecular complexity index is 663. The molecule has 0 spiro atoms. The van der Waals surface area contributed by atoms with Gasteiger partial charge in [-0.2, -0.15) is 0 Å². The number of benzene rings is 1. The molecule has 0 aliphatic heterocycles. The fourth-order valence-electron chi connectivity index (χ4n) is 2.33. The summed E-state index contributed by atoms with van der Waals surface area (Å²) < 4.78 is 0. The minimum atomic E-state index is -0.249. The summed E-state index contributed by atoms with van der Waals surface area (Å²) in [5.41, 5.74) is 7.27. The zero-order chi connectivity index (χ0) is 15.9. The maximum absolute atomic E-state index is 12.2. The van der Waals surface area contributed by atoms with Crippen LogP contribution in [0.15, 0.2) is 35.5 Å². The monoisotopic (exact) mass is 337 g/mol. The van der Waals surface area contributed by atoms with Crippen molar-refractivity contribution in [2.45, 2.75) is 13.8 Å². The number of hydrogen-bond acceptors (Lipinski definition) is 3. The zero-order valence-corrected chi connectivity index (χ0v) is 14.3. The largest absolute Gasteiger partial charge is 0.370 e. The number of para-hydroxylation sites is 1. The second-order valence-electron chi connectivity index (χ2n) is 5.00. The van der Waals surface area contributed by atoms with Crippen LogP contribution in [0.1, 0.15) is 24.2 Å². The van der Waals surface area contributed by atoms with Gasteiger partial charge in [0.2, 0.25) is 0 Å². The van der Waals surface area contributed by atoms with Gasteiger partial charge in [0.25, 0.3) is 5.91 Å². The van der Waals surface area contributed by atoms with E-state index >= 15 is 0 Å². The van der Waals surface area contributed by atoms with Gasteiger partial charge in [0.15, 0.2) is 5.96 Å². The number of hydrogen-bond donors (Lipinski definition) is 3. The maximum Gasteiger partial charge on any atom is 0.260 e. The molecular weight excluding hydrogens is 314 g/mol. The first-order valence-electron chi connectivity index (χ1n) is 7.55. The highest BCUT2D eigenvalue weighted by molar-refractivity contribution is 6.12. The van der Waals surface area contributed by atoms with Crippen molar-refractivity contribution in [3.8, 4) is 0 Å². The van der Waals surface area contributed by atoms with Crippen LogP contribution in [0.2, 0.25) is 0 Å². The van der Waals surface area contributed by atoms with Gasteiger partial charge >= 0.3 is 0 Å². The number of nitrogens with two attached hydrogens (primary N) is 1. The van der Waals surface area contributed by atoms with E-state index < -0.39 is 0 Å². The topological polar surface area (TPSA) is 86.5 Å². The molecule has 1 heterocycles. The van der Waals surface area contributed by atoms with Crippen LogP contribution in [0.5, 0.6) is 0 Å². The molecule has 1 aromatic heterocycles. The summed E-state index contributed by atoms with van der Waals surface area (Å²) in [5.74, 6) is -0.0935. The molecule has 0 atom stereocenters. The van der Waals surface area contributed by atoms with E-state index in [-0.39, 0.29) is 24.3 Å². The normalized spacial score (nSPS) is 11.5. The van der Waals surface area contributed by atoms with Gasteiger partial charge in [0.1, 0.15) is 0 Å². The van der Waals surface area contributed by atoms with Gasteiger partial charge in [0.05, 0.1) is 12.1 Å². The molecule has 0 saturated heterocycles. The van der Waals surface area contributed by atoms with E-state index in [4.69, 9.17) is 5.73 Å². The first-order valence-corrected chi connectivity index (χ1v) is 7.55. The van der Waals surface area contributed by atoms with E-state index in [1.54, 1.807) is 6.20 Å². The van der Waals surface area contributed by atoms with Gasteiger partial charge < -0.3 is 15.6 Å². The lowest BCUT2D eigenvalue weighted by Crippen LogP contribution is -2.37. The van der Waals surface area contributed by atoms with Crippen LogP contribution < -0.4 is 11.1 Å². The number of likely N-dealkylation sites (N-methyl/N-ethyl adjacent to an activating group) is 1. The lowest BCUT2D eigenvalue weighted by molar-refractivity contribution is 0.0978. The molecule has 7 heteroatoms. The Morgan fingerprint density at radius 3 is 2.70 bits per heavy atom. The number of nitrogens with zero attached hydrogens (tertiary/aromatic N) is 2. The van der Waals surface area contributed by atoms with Gasteiger partial charge in [-0.1, -0.05) is 32.0 Å². The molecule has 0 unspecified atom stereocenters. The van der Waals surface area contributed by atoms with Crippen LogP contribution in [-0.4, -0.2) is 47.9 Å². The van der Waals surface area contributed by atoms with Crippen molar-refractivity contribution >= 4 is 35.2 Å². The number of guanidine groups is 1. The SMILES string of the molecule is CCN(CC)CCN=C(N)NC(=O)c1c[nH]c2ccccc12.Cl. The Kier molecular flexibility index (Phi) is 7.57. The van der Waals surface area contributed by atoms with E-state index in [0.717, 1.165) is 30.5 Å². The Morgan fingerprint density at radius 1 is 1.30 bits per heavy atom. The summed E-state index contributed by atoms with van der Waals surface area (Å²) in [6.45, 7) is 7.57. The van der Waals surface area contributed by atoms with E-state index in [0.29, 0.717) is 12.1 Å². The van der Waals surface area contributed by atoms with Gasteiger partial charge in [-0.25, -0.2) is 0 Å². The molecule has 0 saturated carbocycles. The molecular formula is C16H24ClN5O. The van der Waals surface area contributed by atoms with Gasteiger partial charge in [0, 0.05) is 23.6 Å². The number of aliphatic imine (C=N–C) groups is 1. The molecule has 126 valence electrons. The van der Waals surface area contributed by atoms with Crippen molar-refractivity contribution in [2.75, 3.05) is 26.2 Å². The van der Waals surface area contributed by atoms with Crippen molar-refractivity contribution in [3.05, 3.63) is 36.0 Å². The summed E-state index contributed by atoms with van der Waals surface area (Å²) in [4.78, 5) is 21.8. The van der Waals surface area contributed by atoms with Crippen molar-refractivity contribution < 1.29 is 4.79 Å². The number of amides is 1. The molecule has 4 N–H and O–H groups in total. The smallest absolute Gasteiger partial charge is 0.260 e. The Labute approximate surface area is 142 Å². The van der Waals surface area contributed by atoms with Gasteiger partial charge in [-0.15, -0.1) is 12.4 Å². The number of carbonyl (C=O) groups excluding carboxylic acids is 1. The summed E-state index contributed by atoms with van der Waals surface area (Å²) in [5, 5.41) is 3.51. The van der Waals surface area contributed by atoms with Crippen molar-refractivity contribution in [3.63, 3.8) is 0 Å². The zero-order valence-electron chi connectivity index (χ0n) is 13.5. The Hall–Kier alpha value is -2.05. The average Bonchev–Trinajstić information content (AvgIpc) is 2.95. The molecule has 2 aromatic rings. The number of H-pyrrole nitrogens is 1. The van der Waals surface area contributed by atoms with E-state index in [1.807, 2.05) is 24.3 Å². The second kappa shape index (κ2) is 9.17. The third-order valence-electron chi connectivity index (χ3n) is 3.67. The third kappa shape index (κ3) is 4.97. The minimum absolute atomic E-state index is 0. The molecule has 0 radical (unpaired) electrons. The van der Waals surface area contributed by atoms with Crippen LogP contribution >= 0.6 is 12.4 Å². The van der Waals surface area contributed by atoms with Gasteiger partial charge in [-0.05, 0) is 19.2 Å². The highest BCUT2D eigenvalue weighted by atomic mass is 35.5. The van der Waals surface area contributed by atoms with Crippen LogP contribution in [0.3, 0.4) is 0 Å². The lowest BCUT2D eigenvalue weighted by Gasteiger charge is -2.16. The quantitative estimate of drug-likeness (QED) is 0.556. The summed E-state index contributed by atoms with van der Waals surface area (Å²) in [6.07, 6.45) is 1.68. The van der Waals surface area contributed by atoms with Crippen molar-refractivity contribution in [1.82, 2.24) is 15.2 Å². The Balaban J connectivity index is 0.00000264. The van der Waals surface area contributed by atoms with E-state index in [1.165, 1.54) is 0 Å². The van der Waals surface area contributed by atoms with Crippen LogP contribution in [0, 0.1) is 0 Å². The van der Waals surface area contributed by atoms with Crippen molar-refractivity contribution in [2.24, 2.45) is 10.7 Å². The number of aromatic amines is 1. The van der Waals surface area contributed by atoms with Gasteiger partial charge in [-0.3, -0.25) is 15.1 Å². The molecule has 1 aromatic carbocycles. The standard InChI is InChI=1S/C16H23N5O.ClH/c1-3-21(4-2)10-9-18-16(17)20-15(22)13-11-19-14-8-6-5-7-12(13)14;/h5-8,11,19H,3-4,9-10H2,1-2H3,(H3,17,18,20,22);1H. The maximum atomic E-state index is 12.2. The molecule has 2 rings (SSSR count). The molecule has 1 amide bonds. The molecule has 0 fully saturated rings. The predicted octanol–water partition coefficient (Wildman–Crippen LogP) is 1.98. The molecule has 23 heavy (non-hydrogen) atoms. The molecule has 6 nitrogen and oxygen atoms in total. The predicted molar refractivity (Wildman–Crippen MR) is 97.3 cm³/mol. The number of fused-ring (bicyclic) bond motifs is 1. The summed E-state index contributed by atoms with van der Waals surface area (Å²) >= 11 is 0. The highest BCUT2D eigenvalue weighted by Crippen LogP contribution is 2.17. The molecule has 0 bridgehead atoms. The fraction of sp³-hybridized carbons (Fsp3) is 0.375. The van der Waals surface area contributed by atoms with E-state index in [2.05, 4.69) is 34.0 Å². The minimum Gasteiger partial charge on any atom is -0.370 e. The number of aromatic nitrogens is 1. The fourth-order valence-corrected chi connectivity index (χ4v) is 2.33. The first-order chi connectivity index (χ1) is 10.7. The third-order valence-corrected chi connectivity index (χ3v) is 3.67. The summed E-state index contributed by atoms with van der Waals surface area (Å²) in [7, 11) is 0. The summed E-state index contributed by atoms with van der Waals surface area (Å²) in [6, 6.07) is 7.64. The van der Waals surface area contributed by atoms with Crippen LogP contribution in [-0.2, 0) is 0 Å². The molecule has 0 aliphatic carbocycles. The average molecular weight is 338 g/mol. The number of carbonyl (C=O) groups is 1. The Morgan fingerprint density at radius 2 is 2.00 bits per heavy atom. The highest BCUT2D eigenvalue weighted by Gasteiger charge is 2.12. The van der Waals surface area contributed by atoms with E-state index in [9.17, 15) is 4.79 Å². The first kappa shape index (κ1) is 19.0. The second-order valence-corrected chi connectivity index (χ2v) is 5.00. The molecule has 0 aliphatic rings. The number of nitrogens with one attached hydrogen (secondary N) is 2. The number of halogens is 1. The lowest BCUT2D eigenvalue weighted by atomic mass is 10.1. The van der Waals surface area contributed by atoms with Crippen LogP contribution in [0.4, 0.5) is 0 Å².